The van der Waals surface area contributed by atoms with E-state index in [-0.39, 0.29) is 35.0 Å². The third-order valence-corrected chi connectivity index (χ3v) is 7.63. The lowest BCUT2D eigenvalue weighted by Crippen LogP contribution is -2.38. The number of rotatable bonds is 6. The minimum atomic E-state index is -3.83. The Bertz CT molecular complexity index is 1280. The highest BCUT2D eigenvalue weighted by Gasteiger charge is 2.32. The summed E-state index contributed by atoms with van der Waals surface area (Å²) in [6.07, 6.45) is 4.59. The Morgan fingerprint density at radius 1 is 1.34 bits per heavy atom. The number of pyridine rings is 1. The molecule has 32 heavy (non-hydrogen) atoms. The molecular weight excluding hydrogens is 439 g/mol. The van der Waals surface area contributed by atoms with Crippen molar-refractivity contribution >= 4 is 15.9 Å². The predicted molar refractivity (Wildman–Crippen MR) is 112 cm³/mol. The number of nitrogens with zero attached hydrogens (tertiary/aromatic N) is 5. The number of carbonyl (C=O) groups is 1. The minimum Gasteiger partial charge on any atom is -0.496 e. The van der Waals surface area contributed by atoms with E-state index in [1.807, 2.05) is 4.57 Å². The summed E-state index contributed by atoms with van der Waals surface area (Å²) in [5.41, 5.74) is 1.48. The van der Waals surface area contributed by atoms with Gasteiger partial charge in [-0.1, -0.05) is 0 Å². The molecule has 3 aromatic rings. The zero-order chi connectivity index (χ0) is 23.0. The SMILES string of the molecule is COc1ccnc(F)c1CNC(=O)c1cc(S(=O)(=O)N2CCn3cncc3C2)c(C)n1C. The van der Waals surface area contributed by atoms with Crippen LogP contribution < -0.4 is 10.1 Å². The average molecular weight is 463 g/mol. The van der Waals surface area contributed by atoms with Crippen LogP contribution in [0.3, 0.4) is 0 Å². The standard InChI is InChI=1S/C20H23FN6O4S/c1-13-18(32(29,30)27-7-6-26-12-22-9-14(26)11-27)8-16(25(13)2)20(28)24-10-15-17(31-3)4-5-23-19(15)21/h4-5,8-9,12H,6-7,10-11H2,1-3H3,(H,24,28). The Morgan fingerprint density at radius 3 is 2.88 bits per heavy atom. The molecule has 0 radical (unpaired) electrons. The summed E-state index contributed by atoms with van der Waals surface area (Å²) in [5, 5.41) is 2.61. The van der Waals surface area contributed by atoms with Crippen molar-refractivity contribution < 1.29 is 22.3 Å². The van der Waals surface area contributed by atoms with Crippen molar-refractivity contribution in [2.75, 3.05) is 13.7 Å². The van der Waals surface area contributed by atoms with Crippen molar-refractivity contribution in [2.24, 2.45) is 7.05 Å². The lowest BCUT2D eigenvalue weighted by atomic mass is 10.2. The van der Waals surface area contributed by atoms with Gasteiger partial charge in [-0.15, -0.1) is 0 Å². The Labute approximate surface area is 184 Å². The highest BCUT2D eigenvalue weighted by molar-refractivity contribution is 7.89. The van der Waals surface area contributed by atoms with Crippen molar-refractivity contribution in [2.45, 2.75) is 31.5 Å². The molecule has 0 aromatic carbocycles. The van der Waals surface area contributed by atoms with Gasteiger partial charge in [-0.2, -0.15) is 8.70 Å². The first-order valence-corrected chi connectivity index (χ1v) is 11.3. The van der Waals surface area contributed by atoms with E-state index in [0.29, 0.717) is 18.8 Å². The van der Waals surface area contributed by atoms with E-state index >= 15 is 0 Å². The fourth-order valence-corrected chi connectivity index (χ4v) is 5.39. The highest BCUT2D eigenvalue weighted by Crippen LogP contribution is 2.26. The van der Waals surface area contributed by atoms with Crippen LogP contribution in [0.5, 0.6) is 5.75 Å². The summed E-state index contributed by atoms with van der Waals surface area (Å²) in [6.45, 7) is 2.50. The molecule has 0 atom stereocenters. The molecular formula is C20H23FN6O4S. The van der Waals surface area contributed by atoms with Crippen LogP contribution in [0.2, 0.25) is 0 Å². The molecule has 0 saturated heterocycles. The number of amides is 1. The molecule has 0 aliphatic carbocycles. The van der Waals surface area contributed by atoms with E-state index < -0.39 is 21.9 Å². The van der Waals surface area contributed by atoms with Gasteiger partial charge in [0.15, 0.2) is 0 Å². The van der Waals surface area contributed by atoms with Crippen LogP contribution in [0.1, 0.15) is 27.4 Å². The maximum Gasteiger partial charge on any atom is 0.268 e. The highest BCUT2D eigenvalue weighted by atomic mass is 32.2. The van der Waals surface area contributed by atoms with Crippen molar-refractivity contribution in [3.8, 4) is 5.75 Å². The first-order valence-electron chi connectivity index (χ1n) is 9.85. The number of hydrogen-bond donors (Lipinski definition) is 1. The van der Waals surface area contributed by atoms with Crippen LogP contribution in [-0.2, 0) is 36.7 Å². The molecule has 1 aliphatic rings. The molecule has 0 unspecified atom stereocenters. The van der Waals surface area contributed by atoms with Crippen LogP contribution in [0, 0.1) is 12.9 Å². The topological polar surface area (TPSA) is 111 Å². The van der Waals surface area contributed by atoms with E-state index in [4.69, 9.17) is 4.74 Å². The lowest BCUT2D eigenvalue weighted by molar-refractivity contribution is 0.0942. The predicted octanol–water partition coefficient (Wildman–Crippen LogP) is 1.21. The van der Waals surface area contributed by atoms with Gasteiger partial charge in [0.2, 0.25) is 16.0 Å². The van der Waals surface area contributed by atoms with Crippen LogP contribution in [0.4, 0.5) is 4.39 Å². The summed E-state index contributed by atoms with van der Waals surface area (Å²) >= 11 is 0. The van der Waals surface area contributed by atoms with Gasteiger partial charge in [0.25, 0.3) is 5.91 Å². The molecule has 4 rings (SSSR count). The maximum atomic E-state index is 14.0. The van der Waals surface area contributed by atoms with Gasteiger partial charge < -0.3 is 19.2 Å². The average Bonchev–Trinajstić information content (AvgIpc) is 3.37. The summed E-state index contributed by atoms with van der Waals surface area (Å²) in [4.78, 5) is 20.5. The van der Waals surface area contributed by atoms with Crippen LogP contribution >= 0.6 is 0 Å². The summed E-state index contributed by atoms with van der Waals surface area (Å²) < 4.78 is 50.6. The zero-order valence-corrected chi connectivity index (χ0v) is 18.7. The maximum absolute atomic E-state index is 14.0. The molecule has 1 N–H and O–H groups in total. The largest absolute Gasteiger partial charge is 0.496 e. The van der Waals surface area contributed by atoms with Crippen LogP contribution in [0.15, 0.2) is 35.7 Å². The number of fused-ring (bicyclic) bond motifs is 1. The zero-order valence-electron chi connectivity index (χ0n) is 17.9. The third kappa shape index (κ3) is 3.75. The van der Waals surface area contributed by atoms with Gasteiger partial charge in [0.05, 0.1) is 37.8 Å². The van der Waals surface area contributed by atoms with Crippen LogP contribution in [-0.4, -0.2) is 51.4 Å². The van der Waals surface area contributed by atoms with E-state index in [9.17, 15) is 17.6 Å². The number of sulfonamides is 1. The van der Waals surface area contributed by atoms with Crippen molar-refractivity contribution in [1.82, 2.24) is 28.7 Å². The fourth-order valence-electron chi connectivity index (χ4n) is 3.72. The monoisotopic (exact) mass is 462 g/mol. The second-order valence-corrected chi connectivity index (χ2v) is 9.33. The fraction of sp³-hybridized carbons (Fsp3) is 0.350. The molecule has 1 amide bonds. The second kappa shape index (κ2) is 8.36. The molecule has 1 aliphatic heterocycles. The quantitative estimate of drug-likeness (QED) is 0.551. The second-order valence-electron chi connectivity index (χ2n) is 7.42. The van der Waals surface area contributed by atoms with Gasteiger partial charge in [0.1, 0.15) is 16.3 Å². The number of ether oxygens (including phenoxy) is 1. The molecule has 0 fully saturated rings. The molecule has 0 spiro atoms. The van der Waals surface area contributed by atoms with Crippen molar-refractivity contribution in [1.29, 1.82) is 0 Å². The number of aromatic nitrogens is 4. The van der Waals surface area contributed by atoms with Gasteiger partial charge >= 0.3 is 0 Å². The molecule has 0 saturated carbocycles. The van der Waals surface area contributed by atoms with Gasteiger partial charge in [-0.25, -0.2) is 18.4 Å². The first kappa shape index (κ1) is 22.0. The number of nitrogens with one attached hydrogen (secondary N) is 1. The van der Waals surface area contributed by atoms with Gasteiger partial charge in [-0.3, -0.25) is 4.79 Å². The van der Waals surface area contributed by atoms with Crippen molar-refractivity contribution in [3.63, 3.8) is 0 Å². The van der Waals surface area contributed by atoms with E-state index in [0.717, 1.165) is 5.69 Å². The minimum absolute atomic E-state index is 0.0586. The Morgan fingerprint density at radius 2 is 2.12 bits per heavy atom. The van der Waals surface area contributed by atoms with Crippen LogP contribution in [0.25, 0.3) is 0 Å². The van der Waals surface area contributed by atoms with Gasteiger partial charge in [-0.05, 0) is 19.1 Å². The van der Waals surface area contributed by atoms with E-state index in [1.165, 1.54) is 34.3 Å². The summed E-state index contributed by atoms with van der Waals surface area (Å²) in [5.74, 6) is -1.03. The Hall–Kier alpha value is -3.25. The molecule has 0 bridgehead atoms. The molecule has 12 heteroatoms. The summed E-state index contributed by atoms with van der Waals surface area (Å²) in [7, 11) is -0.827. The van der Waals surface area contributed by atoms with Crippen molar-refractivity contribution in [3.05, 3.63) is 59.4 Å². The normalized spacial score (nSPS) is 14.2. The van der Waals surface area contributed by atoms with E-state index in [1.54, 1.807) is 26.5 Å². The number of halogens is 1. The van der Waals surface area contributed by atoms with E-state index in [2.05, 4.69) is 15.3 Å². The Kier molecular flexibility index (Phi) is 5.73. The number of imidazole rings is 1. The number of methoxy groups -OCH3 is 1. The number of hydrogen-bond acceptors (Lipinski definition) is 6. The smallest absolute Gasteiger partial charge is 0.268 e. The lowest BCUT2D eigenvalue weighted by Gasteiger charge is -2.27. The first-order chi connectivity index (χ1) is 15.2. The number of carbonyl (C=O) groups excluding carboxylic acids is 1. The third-order valence-electron chi connectivity index (χ3n) is 5.67. The molecule has 4 heterocycles. The molecule has 3 aromatic heterocycles. The van der Waals surface area contributed by atoms with Gasteiger partial charge in [0, 0.05) is 38.2 Å². The molecule has 10 nitrogen and oxygen atoms in total. The molecule has 170 valence electrons. The Balaban J connectivity index is 1.57. The summed E-state index contributed by atoms with van der Waals surface area (Å²) in [6, 6.07) is 2.84.